The highest BCUT2D eigenvalue weighted by Crippen LogP contribution is 2.25. The van der Waals surface area contributed by atoms with Gasteiger partial charge in [0.15, 0.2) is 0 Å². The van der Waals surface area contributed by atoms with E-state index in [1.807, 2.05) is 6.92 Å². The summed E-state index contributed by atoms with van der Waals surface area (Å²) in [7, 11) is -4.25. The lowest BCUT2D eigenvalue weighted by molar-refractivity contribution is -0.134. The quantitative estimate of drug-likeness (QED) is 0.683. The van der Waals surface area contributed by atoms with E-state index in [0.717, 1.165) is 29.6 Å². The molecule has 0 saturated carbocycles. The number of benzene rings is 2. The Kier molecular flexibility index (Phi) is 6.93. The highest BCUT2D eigenvalue weighted by Gasteiger charge is 2.32. The third-order valence-corrected chi connectivity index (χ3v) is 7.39. The number of likely N-dealkylation sites (tertiary alicyclic amines) is 1. The zero-order valence-corrected chi connectivity index (χ0v) is 17.8. The van der Waals surface area contributed by atoms with Gasteiger partial charge in [-0.25, -0.2) is 12.8 Å². The Balaban J connectivity index is 1.94. The standard InChI is InChI=1S/C21H24ClFN2O3S/c1-16-8-6-7-13-25(16)21(26)15-24(14-17-9-2-3-10-18(17)22)29(27,28)20-12-5-4-11-19(20)23/h2-5,9-12,16H,6-8,13-15H2,1H3. The molecule has 2 aromatic rings. The predicted molar refractivity (Wildman–Crippen MR) is 110 cm³/mol. The summed E-state index contributed by atoms with van der Waals surface area (Å²) in [6.45, 7) is 2.07. The zero-order valence-electron chi connectivity index (χ0n) is 16.2. The van der Waals surface area contributed by atoms with Gasteiger partial charge in [0.1, 0.15) is 10.7 Å². The fraction of sp³-hybridized carbons (Fsp3) is 0.381. The van der Waals surface area contributed by atoms with E-state index in [2.05, 4.69) is 0 Å². The summed E-state index contributed by atoms with van der Waals surface area (Å²) >= 11 is 6.21. The maximum atomic E-state index is 14.3. The second kappa shape index (κ2) is 9.24. The Hall–Kier alpha value is -1.96. The first-order valence-electron chi connectivity index (χ1n) is 9.58. The molecule has 1 atom stereocenters. The Labute approximate surface area is 176 Å². The third-order valence-electron chi connectivity index (χ3n) is 5.19. The van der Waals surface area contributed by atoms with E-state index in [1.165, 1.54) is 18.2 Å². The van der Waals surface area contributed by atoms with Gasteiger partial charge >= 0.3 is 0 Å². The van der Waals surface area contributed by atoms with Crippen LogP contribution in [0.4, 0.5) is 4.39 Å². The summed E-state index contributed by atoms with van der Waals surface area (Å²) in [6, 6.07) is 12.1. The van der Waals surface area contributed by atoms with Crippen LogP contribution in [0.5, 0.6) is 0 Å². The summed E-state index contributed by atoms with van der Waals surface area (Å²) in [5.41, 5.74) is 0.550. The molecule has 2 aromatic carbocycles. The lowest BCUT2D eigenvalue weighted by Crippen LogP contribution is -2.48. The average molecular weight is 439 g/mol. The van der Waals surface area contributed by atoms with Gasteiger partial charge in [0.05, 0.1) is 6.54 Å². The van der Waals surface area contributed by atoms with E-state index in [9.17, 15) is 17.6 Å². The van der Waals surface area contributed by atoms with Crippen molar-refractivity contribution in [1.82, 2.24) is 9.21 Å². The normalized spacial score (nSPS) is 17.5. The second-order valence-corrected chi connectivity index (χ2v) is 9.54. The van der Waals surface area contributed by atoms with Crippen LogP contribution in [-0.4, -0.2) is 42.7 Å². The average Bonchev–Trinajstić information content (AvgIpc) is 2.69. The monoisotopic (exact) mass is 438 g/mol. The summed E-state index contributed by atoms with van der Waals surface area (Å²) in [4.78, 5) is 14.2. The molecule has 1 unspecified atom stereocenters. The van der Waals surface area contributed by atoms with Crippen LogP contribution in [0.2, 0.25) is 5.02 Å². The number of piperidine rings is 1. The molecule has 1 heterocycles. The molecule has 0 radical (unpaired) electrons. The Morgan fingerprint density at radius 3 is 2.55 bits per heavy atom. The minimum absolute atomic E-state index is 0.0505. The number of nitrogens with zero attached hydrogens (tertiary/aromatic N) is 2. The van der Waals surface area contributed by atoms with Gasteiger partial charge in [-0.2, -0.15) is 4.31 Å². The molecular formula is C21H24ClFN2O3S. The maximum absolute atomic E-state index is 14.3. The second-order valence-electron chi connectivity index (χ2n) is 7.23. The number of hydrogen-bond donors (Lipinski definition) is 0. The lowest BCUT2D eigenvalue weighted by atomic mass is 10.0. The number of rotatable bonds is 6. The van der Waals surface area contributed by atoms with E-state index >= 15 is 0 Å². The Morgan fingerprint density at radius 1 is 1.17 bits per heavy atom. The van der Waals surface area contributed by atoms with Gasteiger partial charge in [-0.15, -0.1) is 0 Å². The number of carbonyl (C=O) groups excluding carboxylic acids is 1. The lowest BCUT2D eigenvalue weighted by Gasteiger charge is -2.35. The van der Waals surface area contributed by atoms with Crippen molar-refractivity contribution in [2.45, 2.75) is 43.7 Å². The molecule has 156 valence electrons. The predicted octanol–water partition coefficient (Wildman–Crippen LogP) is 4.07. The van der Waals surface area contributed by atoms with Crippen LogP contribution >= 0.6 is 11.6 Å². The Bertz CT molecular complexity index is 983. The molecule has 0 aromatic heterocycles. The smallest absolute Gasteiger partial charge is 0.246 e. The van der Waals surface area contributed by atoms with Crippen molar-refractivity contribution in [3.63, 3.8) is 0 Å². The van der Waals surface area contributed by atoms with Crippen LogP contribution in [0.1, 0.15) is 31.7 Å². The number of sulfonamides is 1. The van der Waals surface area contributed by atoms with Crippen LogP contribution in [0, 0.1) is 5.82 Å². The van der Waals surface area contributed by atoms with E-state index in [4.69, 9.17) is 11.6 Å². The molecule has 1 aliphatic rings. The molecular weight excluding hydrogens is 415 g/mol. The van der Waals surface area contributed by atoms with Crippen LogP contribution in [0.3, 0.4) is 0 Å². The van der Waals surface area contributed by atoms with Gasteiger partial charge in [0.2, 0.25) is 15.9 Å². The SMILES string of the molecule is CC1CCCCN1C(=O)CN(Cc1ccccc1Cl)S(=O)(=O)c1ccccc1F. The largest absolute Gasteiger partial charge is 0.339 e. The zero-order chi connectivity index (χ0) is 21.0. The van der Waals surface area contributed by atoms with Gasteiger partial charge in [0.25, 0.3) is 0 Å². The Morgan fingerprint density at radius 2 is 1.86 bits per heavy atom. The third kappa shape index (κ3) is 4.97. The first kappa shape index (κ1) is 21.7. The van der Waals surface area contributed by atoms with Crippen LogP contribution in [0.15, 0.2) is 53.4 Å². The minimum Gasteiger partial charge on any atom is -0.339 e. The van der Waals surface area contributed by atoms with Crippen molar-refractivity contribution in [2.24, 2.45) is 0 Å². The maximum Gasteiger partial charge on any atom is 0.246 e. The van der Waals surface area contributed by atoms with Crippen LogP contribution in [0.25, 0.3) is 0 Å². The van der Waals surface area contributed by atoms with Gasteiger partial charge in [0, 0.05) is 24.2 Å². The number of amides is 1. The molecule has 1 saturated heterocycles. The topological polar surface area (TPSA) is 57.7 Å². The summed E-state index contributed by atoms with van der Waals surface area (Å²) in [5.74, 6) is -1.14. The molecule has 1 amide bonds. The molecule has 0 spiro atoms. The van der Waals surface area contributed by atoms with Crippen molar-refractivity contribution in [1.29, 1.82) is 0 Å². The van der Waals surface area contributed by atoms with Crippen LogP contribution in [-0.2, 0) is 21.4 Å². The molecule has 29 heavy (non-hydrogen) atoms. The molecule has 0 aliphatic carbocycles. The minimum atomic E-state index is -4.25. The molecule has 3 rings (SSSR count). The molecule has 5 nitrogen and oxygen atoms in total. The van der Waals surface area contributed by atoms with Gasteiger partial charge in [-0.1, -0.05) is 41.9 Å². The molecule has 0 bridgehead atoms. The first-order valence-corrected chi connectivity index (χ1v) is 11.4. The summed E-state index contributed by atoms with van der Waals surface area (Å²) < 4.78 is 41.8. The van der Waals surface area contributed by atoms with E-state index in [-0.39, 0.29) is 25.0 Å². The number of hydrogen-bond acceptors (Lipinski definition) is 3. The van der Waals surface area contributed by atoms with Crippen molar-refractivity contribution < 1.29 is 17.6 Å². The van der Waals surface area contributed by atoms with E-state index < -0.39 is 20.7 Å². The first-order chi connectivity index (χ1) is 13.8. The highest BCUT2D eigenvalue weighted by molar-refractivity contribution is 7.89. The molecule has 1 aliphatic heterocycles. The number of carbonyl (C=O) groups is 1. The van der Waals surface area contributed by atoms with Crippen molar-refractivity contribution >= 4 is 27.5 Å². The van der Waals surface area contributed by atoms with Crippen molar-refractivity contribution in [3.05, 3.63) is 64.9 Å². The fourth-order valence-corrected chi connectivity index (χ4v) is 5.17. The summed E-state index contributed by atoms with van der Waals surface area (Å²) in [5, 5.41) is 0.389. The van der Waals surface area contributed by atoms with Gasteiger partial charge in [-0.3, -0.25) is 4.79 Å². The van der Waals surface area contributed by atoms with E-state index in [0.29, 0.717) is 17.1 Å². The van der Waals surface area contributed by atoms with Crippen LogP contribution < -0.4 is 0 Å². The molecule has 8 heteroatoms. The molecule has 1 fully saturated rings. The fourth-order valence-electron chi connectivity index (χ4n) is 3.55. The summed E-state index contributed by atoms with van der Waals surface area (Å²) in [6.07, 6.45) is 2.82. The number of halogens is 2. The van der Waals surface area contributed by atoms with E-state index in [1.54, 1.807) is 29.2 Å². The highest BCUT2D eigenvalue weighted by atomic mass is 35.5. The molecule has 0 N–H and O–H groups in total. The van der Waals surface area contributed by atoms with Crippen molar-refractivity contribution in [2.75, 3.05) is 13.1 Å². The van der Waals surface area contributed by atoms with Gasteiger partial charge in [-0.05, 0) is 49.9 Å². The van der Waals surface area contributed by atoms with Gasteiger partial charge < -0.3 is 4.90 Å². The van der Waals surface area contributed by atoms with Crippen molar-refractivity contribution in [3.8, 4) is 0 Å².